The summed E-state index contributed by atoms with van der Waals surface area (Å²) in [6.07, 6.45) is 2.67. The van der Waals surface area contributed by atoms with Gasteiger partial charge in [-0.25, -0.2) is 0 Å². The largest absolute Gasteiger partial charge is 0.350 e. The van der Waals surface area contributed by atoms with Gasteiger partial charge in [-0.05, 0) is 55.1 Å². The molecule has 6 nitrogen and oxygen atoms in total. The number of hydrogen-bond acceptors (Lipinski definition) is 5. The van der Waals surface area contributed by atoms with Gasteiger partial charge in [-0.2, -0.15) is 5.26 Å². The van der Waals surface area contributed by atoms with E-state index in [9.17, 15) is 4.79 Å². The molecule has 1 aliphatic rings. The van der Waals surface area contributed by atoms with E-state index in [2.05, 4.69) is 17.3 Å². The zero-order valence-corrected chi connectivity index (χ0v) is 15.4. The Morgan fingerprint density at radius 2 is 2.14 bits per heavy atom. The average molecular weight is 372 g/mol. The van der Waals surface area contributed by atoms with Crippen LogP contribution in [0.4, 0.5) is 5.69 Å². The third-order valence-electron chi connectivity index (χ3n) is 4.95. The van der Waals surface area contributed by atoms with Gasteiger partial charge < -0.3 is 15.2 Å². The summed E-state index contributed by atoms with van der Waals surface area (Å²) in [7, 11) is 0. The number of nitrogens with zero attached hydrogens (tertiary/aromatic N) is 3. The van der Waals surface area contributed by atoms with Crippen LogP contribution in [0.3, 0.4) is 0 Å². The van der Waals surface area contributed by atoms with Crippen LogP contribution in [0.2, 0.25) is 0 Å². The number of amides is 1. The predicted octanol–water partition coefficient (Wildman–Crippen LogP) is 3.31. The second-order valence-corrected chi connectivity index (χ2v) is 6.83. The molecule has 0 unspecified atom stereocenters. The first-order valence-electron chi connectivity index (χ1n) is 9.30. The number of benzene rings is 2. The molecule has 2 aromatic carbocycles. The molecule has 28 heavy (non-hydrogen) atoms. The Balaban J connectivity index is 1.61. The zero-order valence-electron chi connectivity index (χ0n) is 15.4. The minimum absolute atomic E-state index is 0.191. The van der Waals surface area contributed by atoms with Crippen LogP contribution in [0.25, 0.3) is 11.3 Å². The van der Waals surface area contributed by atoms with Crippen LogP contribution in [-0.2, 0) is 12.8 Å². The number of aryl methyl sites for hydroxylation is 1. The zero-order chi connectivity index (χ0) is 19.5. The van der Waals surface area contributed by atoms with Gasteiger partial charge >= 0.3 is 0 Å². The van der Waals surface area contributed by atoms with E-state index in [1.807, 2.05) is 18.2 Å². The Bertz CT molecular complexity index is 1060. The molecule has 140 valence electrons. The summed E-state index contributed by atoms with van der Waals surface area (Å²) in [4.78, 5) is 14.8. The lowest BCUT2D eigenvalue weighted by Gasteiger charge is -2.29. The van der Waals surface area contributed by atoms with Crippen molar-refractivity contribution < 1.29 is 9.32 Å². The smallest absolute Gasteiger partial charge is 0.296 e. The molecular formula is C22H20N4O2. The highest BCUT2D eigenvalue weighted by atomic mass is 16.5. The van der Waals surface area contributed by atoms with E-state index >= 15 is 0 Å². The topological polar surface area (TPSA) is 96.2 Å². The van der Waals surface area contributed by atoms with Crippen LogP contribution in [0, 0.1) is 11.3 Å². The Morgan fingerprint density at radius 3 is 2.96 bits per heavy atom. The van der Waals surface area contributed by atoms with Crippen molar-refractivity contribution in [2.45, 2.75) is 19.3 Å². The predicted molar refractivity (Wildman–Crippen MR) is 106 cm³/mol. The lowest BCUT2D eigenvalue weighted by Crippen LogP contribution is -2.35. The van der Waals surface area contributed by atoms with Crippen molar-refractivity contribution in [3.05, 3.63) is 71.0 Å². The van der Waals surface area contributed by atoms with Gasteiger partial charge in [0.2, 0.25) is 5.76 Å². The first kappa shape index (κ1) is 18.0. The lowest BCUT2D eigenvalue weighted by molar-refractivity contribution is 0.0949. The summed E-state index contributed by atoms with van der Waals surface area (Å²) >= 11 is 0. The summed E-state index contributed by atoms with van der Waals surface area (Å²) in [6, 6.07) is 17.0. The van der Waals surface area contributed by atoms with E-state index < -0.39 is 0 Å². The highest BCUT2D eigenvalue weighted by Gasteiger charge is 2.26. The van der Waals surface area contributed by atoms with E-state index in [4.69, 9.17) is 15.5 Å². The number of carbonyl (C=O) groups excluding carboxylic acids is 1. The van der Waals surface area contributed by atoms with E-state index in [0.29, 0.717) is 24.3 Å². The lowest BCUT2D eigenvalue weighted by atomic mass is 9.98. The fraction of sp³-hybridized carbons (Fsp3) is 0.227. The molecule has 3 aromatic rings. The number of rotatable bonds is 4. The van der Waals surface area contributed by atoms with Gasteiger partial charge in [-0.3, -0.25) is 4.79 Å². The molecule has 0 aliphatic carbocycles. The number of nitriles is 1. The second kappa shape index (κ2) is 7.67. The van der Waals surface area contributed by atoms with Gasteiger partial charge in [0.1, 0.15) is 5.69 Å². The Kier molecular flexibility index (Phi) is 4.92. The summed E-state index contributed by atoms with van der Waals surface area (Å²) in [6.45, 7) is 1.25. The van der Waals surface area contributed by atoms with E-state index in [-0.39, 0.29) is 11.7 Å². The normalized spacial score (nSPS) is 13.1. The van der Waals surface area contributed by atoms with Crippen molar-refractivity contribution in [2.75, 3.05) is 18.0 Å². The standard InChI is InChI=1S/C22H20N4O2/c23-9-8-15-6-7-20-18(11-15)5-2-10-26(20)22(27)21-13-19(25-28-21)17-4-1-3-16(12-17)14-24/h1,3-4,6-7,11-13H,2,5,8-10,23H2. The van der Waals surface area contributed by atoms with Crippen molar-refractivity contribution >= 4 is 11.6 Å². The maximum atomic E-state index is 13.1. The van der Waals surface area contributed by atoms with Crippen LogP contribution < -0.4 is 10.6 Å². The summed E-state index contributed by atoms with van der Waals surface area (Å²) in [5.74, 6) is -0.0149. The number of fused-ring (bicyclic) bond motifs is 1. The van der Waals surface area contributed by atoms with Crippen molar-refractivity contribution in [1.29, 1.82) is 5.26 Å². The number of carbonyl (C=O) groups is 1. The van der Waals surface area contributed by atoms with E-state index in [1.165, 1.54) is 5.56 Å². The molecule has 2 N–H and O–H groups in total. The van der Waals surface area contributed by atoms with Crippen molar-refractivity contribution in [3.8, 4) is 17.3 Å². The van der Waals surface area contributed by atoms with Crippen molar-refractivity contribution in [3.63, 3.8) is 0 Å². The molecule has 2 heterocycles. The molecule has 0 atom stereocenters. The molecule has 6 heteroatoms. The van der Waals surface area contributed by atoms with Crippen LogP contribution in [0.15, 0.2) is 53.1 Å². The van der Waals surface area contributed by atoms with Gasteiger partial charge in [-0.15, -0.1) is 0 Å². The fourth-order valence-electron chi connectivity index (χ4n) is 3.58. The fourth-order valence-corrected chi connectivity index (χ4v) is 3.58. The maximum absolute atomic E-state index is 13.1. The molecule has 1 aliphatic heterocycles. The van der Waals surface area contributed by atoms with Gasteiger partial charge in [-0.1, -0.05) is 29.4 Å². The monoisotopic (exact) mass is 372 g/mol. The third-order valence-corrected chi connectivity index (χ3v) is 4.95. The van der Waals surface area contributed by atoms with Gasteiger partial charge in [0.15, 0.2) is 0 Å². The van der Waals surface area contributed by atoms with Crippen molar-refractivity contribution in [1.82, 2.24) is 5.16 Å². The molecule has 0 fully saturated rings. The molecule has 0 spiro atoms. The highest BCUT2D eigenvalue weighted by molar-refractivity contribution is 6.05. The quantitative estimate of drug-likeness (QED) is 0.758. The van der Waals surface area contributed by atoms with E-state index in [0.717, 1.165) is 36.1 Å². The van der Waals surface area contributed by atoms with Crippen LogP contribution in [-0.4, -0.2) is 24.2 Å². The number of hydrogen-bond donors (Lipinski definition) is 1. The Morgan fingerprint density at radius 1 is 1.25 bits per heavy atom. The van der Waals surface area contributed by atoms with Gasteiger partial charge in [0.05, 0.1) is 11.6 Å². The van der Waals surface area contributed by atoms with Crippen LogP contribution >= 0.6 is 0 Å². The second-order valence-electron chi connectivity index (χ2n) is 6.83. The maximum Gasteiger partial charge on any atom is 0.296 e. The summed E-state index contributed by atoms with van der Waals surface area (Å²) in [5, 5.41) is 13.1. The molecule has 0 saturated carbocycles. The molecule has 0 saturated heterocycles. The molecule has 1 amide bonds. The van der Waals surface area contributed by atoms with E-state index in [1.54, 1.807) is 29.2 Å². The average Bonchev–Trinajstić information content (AvgIpc) is 3.23. The molecule has 0 bridgehead atoms. The van der Waals surface area contributed by atoms with Crippen LogP contribution in [0.1, 0.15) is 33.7 Å². The molecule has 0 radical (unpaired) electrons. The number of anilines is 1. The Labute approximate surface area is 163 Å². The first-order chi connectivity index (χ1) is 13.7. The third kappa shape index (κ3) is 3.40. The SMILES string of the molecule is N#Cc1cccc(-c2cc(C(=O)N3CCCc4cc(CCN)ccc43)on2)c1. The van der Waals surface area contributed by atoms with Crippen LogP contribution in [0.5, 0.6) is 0 Å². The number of nitrogens with two attached hydrogens (primary N) is 1. The molecule has 1 aromatic heterocycles. The molecular weight excluding hydrogens is 352 g/mol. The Hall–Kier alpha value is -3.43. The summed E-state index contributed by atoms with van der Waals surface area (Å²) in [5.41, 5.74) is 10.7. The summed E-state index contributed by atoms with van der Waals surface area (Å²) < 4.78 is 5.34. The van der Waals surface area contributed by atoms with Crippen molar-refractivity contribution in [2.24, 2.45) is 5.73 Å². The number of aromatic nitrogens is 1. The first-order valence-corrected chi connectivity index (χ1v) is 9.30. The van der Waals surface area contributed by atoms with Gasteiger partial charge in [0.25, 0.3) is 5.91 Å². The highest BCUT2D eigenvalue weighted by Crippen LogP contribution is 2.30. The minimum atomic E-state index is -0.206. The molecule has 4 rings (SSSR count). The van der Waals surface area contributed by atoms with Gasteiger partial charge in [0, 0.05) is 23.9 Å². The minimum Gasteiger partial charge on any atom is -0.350 e.